The standard InChI is InChI=1S/C18H14O2/c19-13-7-5-11-6-8-15-17(16(11)10-13)9-12-3-1-2-4-14(12)18(15)20/h1-4,6,8-9,16H,5,7,10H2. The van der Waals surface area contributed by atoms with E-state index in [0.29, 0.717) is 18.6 Å². The molecular formula is C18H14O2. The van der Waals surface area contributed by atoms with E-state index < -0.39 is 0 Å². The monoisotopic (exact) mass is 262 g/mol. The molecule has 1 aromatic carbocycles. The van der Waals surface area contributed by atoms with E-state index in [-0.39, 0.29) is 11.7 Å². The largest absolute Gasteiger partial charge is 0.300 e. The minimum Gasteiger partial charge on any atom is -0.300 e. The Balaban J connectivity index is 1.89. The summed E-state index contributed by atoms with van der Waals surface area (Å²) in [6, 6.07) is 7.69. The van der Waals surface area contributed by atoms with E-state index in [9.17, 15) is 9.59 Å². The van der Waals surface area contributed by atoms with Crippen LogP contribution in [0.1, 0.15) is 35.2 Å². The summed E-state index contributed by atoms with van der Waals surface area (Å²) in [5.74, 6) is 0.514. The molecule has 1 aromatic rings. The highest BCUT2D eigenvalue weighted by Crippen LogP contribution is 2.43. The van der Waals surface area contributed by atoms with Crippen molar-refractivity contribution in [3.63, 3.8) is 0 Å². The number of ketones is 2. The fraction of sp³-hybridized carbons (Fsp3) is 0.222. The second kappa shape index (κ2) is 4.14. The summed E-state index contributed by atoms with van der Waals surface area (Å²) in [4.78, 5) is 24.3. The zero-order valence-electron chi connectivity index (χ0n) is 11.1. The highest BCUT2D eigenvalue weighted by molar-refractivity contribution is 6.17. The summed E-state index contributed by atoms with van der Waals surface area (Å²) in [6.45, 7) is 0. The summed E-state index contributed by atoms with van der Waals surface area (Å²) < 4.78 is 0. The second-order valence-corrected chi connectivity index (χ2v) is 5.63. The van der Waals surface area contributed by atoms with E-state index in [4.69, 9.17) is 0 Å². The van der Waals surface area contributed by atoms with Crippen molar-refractivity contribution >= 4 is 17.6 Å². The molecule has 0 N–H and O–H groups in total. The predicted octanol–water partition coefficient (Wildman–Crippen LogP) is 3.50. The van der Waals surface area contributed by atoms with Gasteiger partial charge in [0.05, 0.1) is 0 Å². The average Bonchev–Trinajstić information content (AvgIpc) is 2.47. The molecule has 0 aliphatic heterocycles. The maximum absolute atomic E-state index is 12.6. The van der Waals surface area contributed by atoms with Gasteiger partial charge in [-0.15, -0.1) is 0 Å². The predicted molar refractivity (Wildman–Crippen MR) is 77.3 cm³/mol. The molecule has 98 valence electrons. The topological polar surface area (TPSA) is 34.1 Å². The zero-order chi connectivity index (χ0) is 13.7. The molecule has 4 rings (SSSR count). The van der Waals surface area contributed by atoms with Gasteiger partial charge in [-0.1, -0.05) is 42.0 Å². The highest BCUT2D eigenvalue weighted by atomic mass is 16.1. The molecule has 1 atom stereocenters. The van der Waals surface area contributed by atoms with Crippen LogP contribution in [0.25, 0.3) is 6.08 Å². The smallest absolute Gasteiger partial charge is 0.193 e. The molecule has 0 spiro atoms. The Morgan fingerprint density at radius 3 is 2.75 bits per heavy atom. The first-order valence-corrected chi connectivity index (χ1v) is 7.02. The van der Waals surface area contributed by atoms with Crippen LogP contribution in [0.3, 0.4) is 0 Å². The Labute approximate surface area is 117 Å². The third-order valence-electron chi connectivity index (χ3n) is 4.48. The van der Waals surface area contributed by atoms with E-state index >= 15 is 0 Å². The van der Waals surface area contributed by atoms with E-state index in [1.54, 1.807) is 0 Å². The molecule has 0 bridgehead atoms. The normalized spacial score (nSPS) is 24.0. The van der Waals surface area contributed by atoms with Gasteiger partial charge in [-0.2, -0.15) is 0 Å². The highest BCUT2D eigenvalue weighted by Gasteiger charge is 2.35. The maximum Gasteiger partial charge on any atom is 0.193 e. The molecule has 3 aliphatic carbocycles. The van der Waals surface area contributed by atoms with E-state index in [0.717, 1.165) is 28.7 Å². The number of allylic oxidation sites excluding steroid dienone is 5. The summed E-state index contributed by atoms with van der Waals surface area (Å²) in [5.41, 5.74) is 4.85. The first kappa shape index (κ1) is 11.6. The Kier molecular flexibility index (Phi) is 2.40. The van der Waals surface area contributed by atoms with Crippen LogP contribution >= 0.6 is 0 Å². The molecule has 3 aliphatic rings. The van der Waals surface area contributed by atoms with Gasteiger partial charge in [0.2, 0.25) is 0 Å². The van der Waals surface area contributed by atoms with Gasteiger partial charge in [0.1, 0.15) is 5.78 Å². The van der Waals surface area contributed by atoms with Crippen LogP contribution < -0.4 is 0 Å². The van der Waals surface area contributed by atoms with Gasteiger partial charge >= 0.3 is 0 Å². The lowest BCUT2D eigenvalue weighted by Gasteiger charge is -2.33. The van der Waals surface area contributed by atoms with Crippen molar-refractivity contribution in [2.75, 3.05) is 0 Å². The number of fused-ring (bicyclic) bond motifs is 4. The number of carbonyl (C=O) groups is 2. The Hall–Kier alpha value is -2.22. The Bertz CT molecular complexity index is 732. The Morgan fingerprint density at radius 2 is 1.85 bits per heavy atom. The van der Waals surface area contributed by atoms with E-state index in [1.807, 2.05) is 30.3 Å². The third-order valence-corrected chi connectivity index (χ3v) is 4.48. The van der Waals surface area contributed by atoms with Crippen LogP contribution in [-0.4, -0.2) is 11.6 Å². The van der Waals surface area contributed by atoms with E-state index in [2.05, 4.69) is 12.2 Å². The lowest BCUT2D eigenvalue weighted by molar-refractivity contribution is -0.120. The van der Waals surface area contributed by atoms with Crippen LogP contribution in [0.15, 0.2) is 53.1 Å². The number of benzene rings is 1. The Morgan fingerprint density at radius 1 is 1.00 bits per heavy atom. The maximum atomic E-state index is 12.6. The van der Waals surface area contributed by atoms with Crippen LogP contribution in [0.2, 0.25) is 0 Å². The fourth-order valence-electron chi connectivity index (χ4n) is 3.43. The summed E-state index contributed by atoms with van der Waals surface area (Å²) in [7, 11) is 0. The summed E-state index contributed by atoms with van der Waals surface area (Å²) >= 11 is 0. The average molecular weight is 262 g/mol. The lowest BCUT2D eigenvalue weighted by atomic mass is 9.70. The molecule has 1 fully saturated rings. The van der Waals surface area contributed by atoms with Crippen molar-refractivity contribution in [3.05, 3.63) is 64.3 Å². The first-order valence-electron chi connectivity index (χ1n) is 7.02. The zero-order valence-corrected chi connectivity index (χ0v) is 11.1. The van der Waals surface area contributed by atoms with Crippen molar-refractivity contribution in [1.82, 2.24) is 0 Å². The number of Topliss-reactive ketones (excluding diaryl/α,β-unsaturated/α-hetero) is 2. The van der Waals surface area contributed by atoms with Gasteiger partial charge < -0.3 is 0 Å². The molecule has 0 saturated heterocycles. The van der Waals surface area contributed by atoms with E-state index in [1.165, 1.54) is 5.57 Å². The molecule has 2 heteroatoms. The van der Waals surface area contributed by atoms with Gasteiger partial charge in [-0.05, 0) is 23.6 Å². The minimum absolute atomic E-state index is 0.0893. The minimum atomic E-state index is 0.0893. The number of hydrogen-bond acceptors (Lipinski definition) is 2. The van der Waals surface area contributed by atoms with Crippen LogP contribution in [-0.2, 0) is 4.79 Å². The molecule has 0 heterocycles. The molecule has 2 nitrogen and oxygen atoms in total. The van der Waals surface area contributed by atoms with Crippen LogP contribution in [0, 0.1) is 5.92 Å². The van der Waals surface area contributed by atoms with Gasteiger partial charge in [-0.3, -0.25) is 9.59 Å². The summed E-state index contributed by atoms with van der Waals surface area (Å²) in [6.07, 6.45) is 8.11. The lowest BCUT2D eigenvalue weighted by Crippen LogP contribution is -2.26. The molecule has 20 heavy (non-hydrogen) atoms. The third kappa shape index (κ3) is 1.58. The molecule has 0 radical (unpaired) electrons. The molecule has 1 unspecified atom stereocenters. The van der Waals surface area contributed by atoms with Crippen molar-refractivity contribution in [2.24, 2.45) is 5.92 Å². The first-order chi connectivity index (χ1) is 9.74. The quantitative estimate of drug-likeness (QED) is 0.717. The number of rotatable bonds is 0. The van der Waals surface area contributed by atoms with Crippen molar-refractivity contribution in [1.29, 1.82) is 0 Å². The molecule has 0 aromatic heterocycles. The molecule has 1 saturated carbocycles. The van der Waals surface area contributed by atoms with Crippen LogP contribution in [0.5, 0.6) is 0 Å². The van der Waals surface area contributed by atoms with Gasteiger partial charge in [0.25, 0.3) is 0 Å². The number of carbonyl (C=O) groups excluding carboxylic acids is 2. The van der Waals surface area contributed by atoms with Gasteiger partial charge in [-0.25, -0.2) is 0 Å². The van der Waals surface area contributed by atoms with Gasteiger partial charge in [0, 0.05) is 29.9 Å². The van der Waals surface area contributed by atoms with Crippen molar-refractivity contribution < 1.29 is 9.59 Å². The molecular weight excluding hydrogens is 248 g/mol. The van der Waals surface area contributed by atoms with Crippen molar-refractivity contribution in [2.45, 2.75) is 19.3 Å². The van der Waals surface area contributed by atoms with Crippen LogP contribution in [0.4, 0.5) is 0 Å². The second-order valence-electron chi connectivity index (χ2n) is 5.63. The number of hydrogen-bond donors (Lipinski definition) is 0. The van der Waals surface area contributed by atoms with Gasteiger partial charge in [0.15, 0.2) is 5.78 Å². The van der Waals surface area contributed by atoms with Crippen molar-refractivity contribution in [3.8, 4) is 0 Å². The SMILES string of the molecule is O=C1CCC2=CC=C3C(=O)c4ccccc4C=C3C2C1. The fourth-order valence-corrected chi connectivity index (χ4v) is 3.43. The molecule has 0 amide bonds. The summed E-state index contributed by atoms with van der Waals surface area (Å²) in [5, 5.41) is 0.